The molecule has 0 radical (unpaired) electrons. The zero-order valence-electron chi connectivity index (χ0n) is 22.9. The van der Waals surface area contributed by atoms with Crippen LogP contribution in [0, 0.1) is 6.92 Å². The molecule has 0 heterocycles. The van der Waals surface area contributed by atoms with Gasteiger partial charge < -0.3 is 10.2 Å². The van der Waals surface area contributed by atoms with Gasteiger partial charge in [-0.2, -0.15) is 0 Å². The second kappa shape index (κ2) is 13.3. The van der Waals surface area contributed by atoms with Gasteiger partial charge in [0.05, 0.1) is 10.6 Å². The minimum Gasteiger partial charge on any atom is -0.352 e. The van der Waals surface area contributed by atoms with Gasteiger partial charge in [-0.3, -0.25) is 13.9 Å². The maximum Gasteiger partial charge on any atom is 0.264 e. The van der Waals surface area contributed by atoms with Crippen molar-refractivity contribution in [3.8, 4) is 0 Å². The van der Waals surface area contributed by atoms with Crippen LogP contribution < -0.4 is 9.62 Å². The second-order valence-corrected chi connectivity index (χ2v) is 12.6. The van der Waals surface area contributed by atoms with E-state index in [1.165, 1.54) is 17.0 Å². The molecule has 1 atom stereocenters. The van der Waals surface area contributed by atoms with Crippen molar-refractivity contribution in [1.82, 2.24) is 10.2 Å². The van der Waals surface area contributed by atoms with Crippen LogP contribution in [-0.2, 0) is 26.2 Å². The number of nitrogens with one attached hydrogen (secondary N) is 1. The summed E-state index contributed by atoms with van der Waals surface area (Å²) in [6.45, 7) is 3.13. The molecule has 3 aromatic rings. The molecule has 7 nitrogen and oxygen atoms in total. The SMILES string of the molecule is Cc1ccc(Cl)cc1N(CC(=O)N(Cc1ccccc1)C(C)C(=O)NC1CCCCC1)S(=O)(=O)c1ccccc1. The van der Waals surface area contributed by atoms with Crippen LogP contribution in [0.1, 0.15) is 50.2 Å². The van der Waals surface area contributed by atoms with Gasteiger partial charge in [-0.1, -0.05) is 85.5 Å². The van der Waals surface area contributed by atoms with E-state index in [1.807, 2.05) is 30.3 Å². The second-order valence-electron chi connectivity index (χ2n) is 10.3. The molecule has 3 aromatic carbocycles. The summed E-state index contributed by atoms with van der Waals surface area (Å²) in [5.41, 5.74) is 1.79. The summed E-state index contributed by atoms with van der Waals surface area (Å²) in [4.78, 5) is 28.9. The number of aryl methyl sites for hydroxylation is 1. The van der Waals surface area contributed by atoms with E-state index in [1.54, 1.807) is 50.2 Å². The predicted octanol–water partition coefficient (Wildman–Crippen LogP) is 5.71. The van der Waals surface area contributed by atoms with Crippen LogP contribution in [0.5, 0.6) is 0 Å². The molecule has 212 valence electrons. The smallest absolute Gasteiger partial charge is 0.264 e. The molecule has 2 amide bonds. The molecule has 1 fully saturated rings. The average Bonchev–Trinajstić information content (AvgIpc) is 2.97. The highest BCUT2D eigenvalue weighted by Crippen LogP contribution is 2.30. The van der Waals surface area contributed by atoms with E-state index < -0.39 is 28.5 Å². The van der Waals surface area contributed by atoms with E-state index in [0.29, 0.717) is 16.3 Å². The zero-order valence-corrected chi connectivity index (χ0v) is 24.5. The Bertz CT molecular complexity index is 1410. The summed E-state index contributed by atoms with van der Waals surface area (Å²) < 4.78 is 28.9. The number of sulfonamides is 1. The van der Waals surface area contributed by atoms with Crippen LogP contribution in [0.3, 0.4) is 0 Å². The first-order valence-corrected chi connectivity index (χ1v) is 15.5. The van der Waals surface area contributed by atoms with Crippen molar-refractivity contribution >= 4 is 39.1 Å². The molecule has 1 N–H and O–H groups in total. The van der Waals surface area contributed by atoms with Crippen molar-refractivity contribution in [2.75, 3.05) is 10.8 Å². The Morgan fingerprint density at radius 1 is 0.950 bits per heavy atom. The van der Waals surface area contributed by atoms with Crippen LogP contribution in [-0.4, -0.2) is 43.8 Å². The standard InChI is InChI=1S/C31H36ClN3O4S/c1-23-18-19-26(32)20-29(23)35(40(38,39)28-16-10-5-11-17-28)22-30(36)34(21-25-12-6-3-7-13-25)24(2)31(37)33-27-14-8-4-9-15-27/h3,5-7,10-13,16-20,24,27H,4,8-9,14-15,21-22H2,1-2H3,(H,33,37). The highest BCUT2D eigenvalue weighted by Gasteiger charge is 2.33. The normalized spacial score (nSPS) is 14.8. The van der Waals surface area contributed by atoms with Crippen LogP contribution in [0.4, 0.5) is 5.69 Å². The van der Waals surface area contributed by atoms with Gasteiger partial charge in [0.1, 0.15) is 12.6 Å². The fraction of sp³-hybridized carbons (Fsp3) is 0.355. The average molecular weight is 582 g/mol. The molecule has 0 saturated heterocycles. The summed E-state index contributed by atoms with van der Waals surface area (Å²) in [5.74, 6) is -0.735. The van der Waals surface area contributed by atoms with Crippen molar-refractivity contribution in [3.63, 3.8) is 0 Å². The van der Waals surface area contributed by atoms with Gasteiger partial charge in [-0.15, -0.1) is 0 Å². The lowest BCUT2D eigenvalue weighted by Crippen LogP contribution is -2.53. The zero-order chi connectivity index (χ0) is 28.7. The molecule has 0 aliphatic heterocycles. The molecule has 1 aliphatic carbocycles. The molecular formula is C31H36ClN3O4S. The third-order valence-corrected chi connectivity index (χ3v) is 9.37. The van der Waals surface area contributed by atoms with E-state index in [9.17, 15) is 18.0 Å². The van der Waals surface area contributed by atoms with Gasteiger partial charge in [0.2, 0.25) is 11.8 Å². The van der Waals surface area contributed by atoms with Crippen LogP contribution in [0.2, 0.25) is 5.02 Å². The fourth-order valence-corrected chi connectivity index (χ4v) is 6.67. The van der Waals surface area contributed by atoms with Crippen molar-refractivity contribution in [3.05, 3.63) is 95.0 Å². The van der Waals surface area contributed by atoms with E-state index >= 15 is 0 Å². The lowest BCUT2D eigenvalue weighted by atomic mass is 9.95. The van der Waals surface area contributed by atoms with E-state index in [4.69, 9.17) is 11.6 Å². The molecule has 1 unspecified atom stereocenters. The van der Waals surface area contributed by atoms with Gasteiger partial charge in [-0.25, -0.2) is 8.42 Å². The summed E-state index contributed by atoms with van der Waals surface area (Å²) in [6.07, 6.45) is 5.13. The Labute approximate surface area is 242 Å². The van der Waals surface area contributed by atoms with Gasteiger partial charge >= 0.3 is 0 Å². The summed E-state index contributed by atoms with van der Waals surface area (Å²) in [7, 11) is -4.14. The summed E-state index contributed by atoms with van der Waals surface area (Å²) >= 11 is 6.28. The Hall–Kier alpha value is -3.36. The van der Waals surface area contributed by atoms with E-state index in [2.05, 4.69) is 5.32 Å². The number of nitrogens with zero attached hydrogens (tertiary/aromatic N) is 2. The number of anilines is 1. The van der Waals surface area contributed by atoms with Crippen molar-refractivity contribution in [2.24, 2.45) is 0 Å². The minimum atomic E-state index is -4.14. The number of rotatable bonds is 10. The third-order valence-electron chi connectivity index (χ3n) is 7.36. The van der Waals surface area contributed by atoms with Crippen LogP contribution in [0.15, 0.2) is 83.8 Å². The number of hydrogen-bond donors (Lipinski definition) is 1. The highest BCUT2D eigenvalue weighted by atomic mass is 35.5. The minimum absolute atomic E-state index is 0.0554. The molecule has 9 heteroatoms. The Morgan fingerprint density at radius 2 is 1.57 bits per heavy atom. The molecule has 0 bridgehead atoms. The Morgan fingerprint density at radius 3 is 2.23 bits per heavy atom. The molecule has 4 rings (SSSR count). The maximum absolute atomic E-state index is 14.1. The third kappa shape index (κ3) is 7.23. The number of amides is 2. The largest absolute Gasteiger partial charge is 0.352 e. The van der Waals surface area contributed by atoms with Gasteiger partial charge in [0, 0.05) is 17.6 Å². The lowest BCUT2D eigenvalue weighted by Gasteiger charge is -2.33. The van der Waals surface area contributed by atoms with Gasteiger partial charge in [-0.05, 0) is 62.1 Å². The molecule has 0 aromatic heterocycles. The first kappa shape index (κ1) is 29.6. The van der Waals surface area contributed by atoms with Crippen molar-refractivity contribution in [2.45, 2.75) is 69.5 Å². The van der Waals surface area contributed by atoms with Crippen molar-refractivity contribution in [1.29, 1.82) is 0 Å². The van der Waals surface area contributed by atoms with Crippen LogP contribution >= 0.6 is 11.6 Å². The number of carbonyl (C=O) groups excluding carboxylic acids is 2. The number of halogens is 1. The number of benzene rings is 3. The van der Waals surface area contributed by atoms with Crippen LogP contribution in [0.25, 0.3) is 0 Å². The number of hydrogen-bond acceptors (Lipinski definition) is 4. The maximum atomic E-state index is 14.1. The predicted molar refractivity (Wildman–Crippen MR) is 159 cm³/mol. The molecule has 40 heavy (non-hydrogen) atoms. The molecule has 1 aliphatic rings. The molecule has 1 saturated carbocycles. The Kier molecular flexibility index (Phi) is 9.87. The van der Waals surface area contributed by atoms with E-state index in [-0.39, 0.29) is 23.4 Å². The van der Waals surface area contributed by atoms with Crippen molar-refractivity contribution < 1.29 is 18.0 Å². The fourth-order valence-electron chi connectivity index (χ4n) is 5.02. The monoisotopic (exact) mass is 581 g/mol. The Balaban J connectivity index is 1.68. The molecule has 0 spiro atoms. The lowest BCUT2D eigenvalue weighted by molar-refractivity contribution is -0.139. The van der Waals surface area contributed by atoms with Gasteiger partial charge in [0.15, 0.2) is 0 Å². The quantitative estimate of drug-likeness (QED) is 0.332. The first-order chi connectivity index (χ1) is 19.2. The highest BCUT2D eigenvalue weighted by molar-refractivity contribution is 7.92. The van der Waals surface area contributed by atoms with Gasteiger partial charge in [0.25, 0.3) is 10.0 Å². The molecular weight excluding hydrogens is 546 g/mol. The summed E-state index contributed by atoms with van der Waals surface area (Å²) in [6, 6.07) is 21.6. The van der Waals surface area contributed by atoms with E-state index in [0.717, 1.165) is 42.0 Å². The first-order valence-electron chi connectivity index (χ1n) is 13.6. The summed E-state index contributed by atoms with van der Waals surface area (Å²) in [5, 5.41) is 3.47. The number of carbonyl (C=O) groups is 2. The topological polar surface area (TPSA) is 86.8 Å².